The van der Waals surface area contributed by atoms with E-state index in [1.54, 1.807) is 15.9 Å². The molecule has 0 spiro atoms. The molecular formula is C24H29BrClN3O4. The van der Waals surface area contributed by atoms with Gasteiger partial charge in [0.15, 0.2) is 0 Å². The summed E-state index contributed by atoms with van der Waals surface area (Å²) in [5, 5.41) is 0.308. The zero-order valence-corrected chi connectivity index (χ0v) is 21.2. The SMILES string of the molecule is CCCCOC(=O)N1CC(COCc2ccccc2)N(C(C)=O)C(c2cc(Cl)nc(Br)c2)C1. The Morgan fingerprint density at radius 2 is 1.97 bits per heavy atom. The lowest BCUT2D eigenvalue weighted by Crippen LogP contribution is -2.59. The van der Waals surface area contributed by atoms with Gasteiger partial charge in [-0.2, -0.15) is 0 Å². The van der Waals surface area contributed by atoms with Crippen LogP contribution in [0.5, 0.6) is 0 Å². The van der Waals surface area contributed by atoms with Crippen molar-refractivity contribution in [3.8, 4) is 0 Å². The van der Waals surface area contributed by atoms with Crippen molar-refractivity contribution in [3.63, 3.8) is 0 Å². The van der Waals surface area contributed by atoms with Crippen LogP contribution >= 0.6 is 27.5 Å². The second-order valence-corrected chi connectivity index (χ2v) is 9.22. The van der Waals surface area contributed by atoms with Crippen LogP contribution in [-0.4, -0.2) is 59.1 Å². The molecule has 7 nitrogen and oxygen atoms in total. The van der Waals surface area contributed by atoms with Gasteiger partial charge >= 0.3 is 6.09 Å². The van der Waals surface area contributed by atoms with Crippen LogP contribution in [0.4, 0.5) is 4.79 Å². The third-order valence-corrected chi connectivity index (χ3v) is 6.09. The number of unbranched alkanes of at least 4 members (excludes halogenated alkanes) is 1. The zero-order valence-electron chi connectivity index (χ0n) is 18.9. The number of piperazine rings is 1. The number of amides is 2. The highest BCUT2D eigenvalue weighted by molar-refractivity contribution is 9.10. The predicted molar refractivity (Wildman–Crippen MR) is 130 cm³/mol. The van der Waals surface area contributed by atoms with E-state index in [1.807, 2.05) is 43.3 Å². The molecule has 0 aliphatic carbocycles. The van der Waals surface area contributed by atoms with Gasteiger partial charge in [0.25, 0.3) is 0 Å². The van der Waals surface area contributed by atoms with Crippen molar-refractivity contribution in [1.82, 2.24) is 14.8 Å². The highest BCUT2D eigenvalue weighted by Crippen LogP contribution is 2.32. The summed E-state index contributed by atoms with van der Waals surface area (Å²) in [6, 6.07) is 12.6. The minimum absolute atomic E-state index is 0.101. The lowest BCUT2D eigenvalue weighted by molar-refractivity contribution is -0.140. The van der Waals surface area contributed by atoms with Crippen molar-refractivity contribution >= 4 is 39.5 Å². The average molecular weight is 539 g/mol. The minimum atomic E-state index is -0.405. The third kappa shape index (κ3) is 7.16. The number of nitrogens with zero attached hydrogens (tertiary/aromatic N) is 3. The van der Waals surface area contributed by atoms with Crippen molar-refractivity contribution in [1.29, 1.82) is 0 Å². The Balaban J connectivity index is 1.83. The summed E-state index contributed by atoms with van der Waals surface area (Å²) in [6.45, 7) is 5.27. The van der Waals surface area contributed by atoms with E-state index in [4.69, 9.17) is 21.1 Å². The number of halogens is 2. The Morgan fingerprint density at radius 3 is 2.64 bits per heavy atom. The number of hydrogen-bond acceptors (Lipinski definition) is 5. The first-order valence-electron chi connectivity index (χ1n) is 11.0. The molecule has 2 aromatic rings. The van der Waals surface area contributed by atoms with Crippen LogP contribution in [0.15, 0.2) is 47.1 Å². The Kier molecular flexibility index (Phi) is 9.52. The summed E-state index contributed by atoms with van der Waals surface area (Å²) in [4.78, 5) is 33.2. The first kappa shape index (κ1) is 25.5. The molecule has 33 heavy (non-hydrogen) atoms. The average Bonchev–Trinajstić information content (AvgIpc) is 2.78. The Labute approximate surface area is 208 Å². The molecule has 2 atom stereocenters. The number of pyridine rings is 1. The summed E-state index contributed by atoms with van der Waals surface area (Å²) >= 11 is 9.57. The van der Waals surface area contributed by atoms with Crippen LogP contribution in [-0.2, 0) is 20.9 Å². The molecule has 9 heteroatoms. The Bertz CT molecular complexity index is 926. The number of rotatable bonds is 8. The smallest absolute Gasteiger partial charge is 0.409 e. The van der Waals surface area contributed by atoms with Crippen molar-refractivity contribution in [2.45, 2.75) is 45.4 Å². The number of benzene rings is 1. The normalized spacial score (nSPS) is 18.3. The van der Waals surface area contributed by atoms with Gasteiger partial charge in [0.2, 0.25) is 5.91 Å². The molecule has 2 unspecified atom stereocenters. The van der Waals surface area contributed by atoms with Crippen molar-refractivity contribution in [2.75, 3.05) is 26.3 Å². The van der Waals surface area contributed by atoms with Crippen LogP contribution in [0, 0.1) is 0 Å². The molecular weight excluding hydrogens is 510 g/mol. The van der Waals surface area contributed by atoms with E-state index in [-0.39, 0.29) is 24.6 Å². The van der Waals surface area contributed by atoms with Gasteiger partial charge in [0.1, 0.15) is 9.76 Å². The fourth-order valence-corrected chi connectivity index (χ4v) is 4.73. The van der Waals surface area contributed by atoms with Crippen molar-refractivity contribution in [3.05, 3.63) is 63.3 Å². The molecule has 1 aromatic heterocycles. The van der Waals surface area contributed by atoms with Crippen LogP contribution in [0.3, 0.4) is 0 Å². The summed E-state index contributed by atoms with van der Waals surface area (Å²) < 4.78 is 12.0. The number of aromatic nitrogens is 1. The van der Waals surface area contributed by atoms with Gasteiger partial charge < -0.3 is 19.3 Å². The van der Waals surface area contributed by atoms with Crippen LogP contribution in [0.2, 0.25) is 5.15 Å². The maximum Gasteiger partial charge on any atom is 0.409 e. The molecule has 2 amide bonds. The van der Waals surface area contributed by atoms with Gasteiger partial charge in [-0.3, -0.25) is 4.79 Å². The Hall–Kier alpha value is -2.16. The van der Waals surface area contributed by atoms with E-state index in [0.717, 1.165) is 24.0 Å². The summed E-state index contributed by atoms with van der Waals surface area (Å²) in [7, 11) is 0. The first-order chi connectivity index (χ1) is 15.9. The van der Waals surface area contributed by atoms with Gasteiger partial charge in [-0.25, -0.2) is 9.78 Å². The molecule has 1 fully saturated rings. The van der Waals surface area contributed by atoms with Gasteiger partial charge in [-0.1, -0.05) is 55.3 Å². The third-order valence-electron chi connectivity index (χ3n) is 5.49. The van der Waals surface area contributed by atoms with E-state index >= 15 is 0 Å². The van der Waals surface area contributed by atoms with Gasteiger partial charge in [-0.15, -0.1) is 0 Å². The summed E-state index contributed by atoms with van der Waals surface area (Å²) in [5.41, 5.74) is 1.83. The molecule has 0 saturated carbocycles. The molecule has 0 radical (unpaired) electrons. The van der Waals surface area contributed by atoms with Crippen LogP contribution in [0.25, 0.3) is 0 Å². The highest BCUT2D eigenvalue weighted by atomic mass is 79.9. The highest BCUT2D eigenvalue weighted by Gasteiger charge is 2.39. The minimum Gasteiger partial charge on any atom is -0.449 e. The molecule has 1 aliphatic heterocycles. The fourth-order valence-electron chi connectivity index (χ4n) is 3.95. The molecule has 3 rings (SSSR count). The van der Waals surface area contributed by atoms with E-state index < -0.39 is 6.04 Å². The molecule has 2 heterocycles. The van der Waals surface area contributed by atoms with Gasteiger partial charge in [-0.05, 0) is 45.6 Å². The topological polar surface area (TPSA) is 72.0 Å². The molecule has 1 saturated heterocycles. The quantitative estimate of drug-likeness (QED) is 0.340. The lowest BCUT2D eigenvalue weighted by Gasteiger charge is -2.46. The molecule has 0 bridgehead atoms. The predicted octanol–water partition coefficient (Wildman–Crippen LogP) is 5.22. The number of carbonyl (C=O) groups excluding carboxylic acids is 2. The Morgan fingerprint density at radius 1 is 1.21 bits per heavy atom. The van der Waals surface area contributed by atoms with Crippen molar-refractivity contribution < 1.29 is 19.1 Å². The van der Waals surface area contributed by atoms with E-state index in [9.17, 15) is 9.59 Å². The number of hydrogen-bond donors (Lipinski definition) is 0. The fraction of sp³-hybridized carbons (Fsp3) is 0.458. The van der Waals surface area contributed by atoms with Crippen LogP contribution in [0.1, 0.15) is 43.9 Å². The zero-order chi connectivity index (χ0) is 23.8. The summed E-state index contributed by atoms with van der Waals surface area (Å²) in [5.74, 6) is -0.101. The maximum absolute atomic E-state index is 12.8. The second kappa shape index (κ2) is 12.3. The first-order valence-corrected chi connectivity index (χ1v) is 12.2. The molecule has 0 N–H and O–H groups in total. The lowest BCUT2D eigenvalue weighted by atomic mass is 9.99. The number of carbonyl (C=O) groups is 2. The van der Waals surface area contributed by atoms with Crippen molar-refractivity contribution in [2.24, 2.45) is 0 Å². The van der Waals surface area contributed by atoms with Gasteiger partial charge in [0.05, 0.1) is 31.9 Å². The van der Waals surface area contributed by atoms with Crippen LogP contribution < -0.4 is 0 Å². The largest absolute Gasteiger partial charge is 0.449 e. The number of ether oxygens (including phenoxy) is 2. The summed E-state index contributed by atoms with van der Waals surface area (Å²) in [6.07, 6.45) is 1.36. The van der Waals surface area contributed by atoms with E-state index in [1.165, 1.54) is 6.92 Å². The van der Waals surface area contributed by atoms with E-state index in [0.29, 0.717) is 36.1 Å². The monoisotopic (exact) mass is 537 g/mol. The second-order valence-electron chi connectivity index (χ2n) is 8.02. The molecule has 1 aliphatic rings. The maximum atomic E-state index is 12.8. The molecule has 1 aromatic carbocycles. The standard InChI is InChI=1S/C24H29BrClN3O4/c1-3-4-10-33-24(31)28-13-20(16-32-15-18-8-6-5-7-9-18)29(17(2)30)21(14-28)19-11-22(25)27-23(26)12-19/h5-9,11-12,20-21H,3-4,10,13-16H2,1-2H3. The van der Waals surface area contributed by atoms with Gasteiger partial charge in [0, 0.05) is 20.0 Å². The molecule has 178 valence electrons. The van der Waals surface area contributed by atoms with E-state index in [2.05, 4.69) is 20.9 Å².